The number of halogens is 4. The van der Waals surface area contributed by atoms with Gasteiger partial charge in [-0.05, 0) is 32.4 Å². The molecule has 0 aliphatic carbocycles. The topological polar surface area (TPSA) is 70.1 Å². The van der Waals surface area contributed by atoms with E-state index in [1.165, 1.54) is 30.9 Å². The highest BCUT2D eigenvalue weighted by molar-refractivity contribution is 5.77. The van der Waals surface area contributed by atoms with Crippen molar-refractivity contribution < 1.29 is 37.0 Å². The van der Waals surface area contributed by atoms with Gasteiger partial charge in [0.1, 0.15) is 11.2 Å². The first-order valence-corrected chi connectivity index (χ1v) is 9.60. The summed E-state index contributed by atoms with van der Waals surface area (Å²) in [6.45, 7) is 4.90. The zero-order valence-corrected chi connectivity index (χ0v) is 17.4. The normalized spacial score (nSPS) is 16.3. The summed E-state index contributed by atoms with van der Waals surface area (Å²) >= 11 is 0. The molecular weight excluding hydrogens is 420 g/mol. The minimum absolute atomic E-state index is 0.0951. The number of carboxylic acids is 1. The molecule has 1 aromatic rings. The van der Waals surface area contributed by atoms with Gasteiger partial charge in [0.15, 0.2) is 6.10 Å². The Balaban J connectivity index is 2.03. The summed E-state index contributed by atoms with van der Waals surface area (Å²) in [5.41, 5.74) is -0.702. The molecule has 1 aromatic carbocycles. The van der Waals surface area contributed by atoms with Gasteiger partial charge in [0, 0.05) is 32.7 Å². The maximum Gasteiger partial charge on any atom is 0.425 e. The summed E-state index contributed by atoms with van der Waals surface area (Å²) in [7, 11) is 0. The quantitative estimate of drug-likeness (QED) is 0.569. The minimum Gasteiger partial charge on any atom is -0.480 e. The maximum atomic E-state index is 14.3. The third-order valence-corrected chi connectivity index (χ3v) is 4.90. The number of carbonyl (C=O) groups excluding carboxylic acids is 1. The van der Waals surface area contributed by atoms with Gasteiger partial charge in [0.2, 0.25) is 0 Å². The average Bonchev–Trinajstić information content (AvgIpc) is 2.67. The van der Waals surface area contributed by atoms with Crippen LogP contribution in [0.5, 0.6) is 0 Å². The lowest BCUT2D eigenvalue weighted by Crippen LogP contribution is -2.49. The number of nitrogens with zero attached hydrogens (tertiary/aromatic N) is 2. The molecule has 1 saturated heterocycles. The Morgan fingerprint density at radius 2 is 1.81 bits per heavy atom. The molecule has 1 N–H and O–H groups in total. The van der Waals surface area contributed by atoms with Gasteiger partial charge >= 0.3 is 18.2 Å². The van der Waals surface area contributed by atoms with Crippen molar-refractivity contribution in [3.05, 3.63) is 35.1 Å². The molecule has 31 heavy (non-hydrogen) atoms. The SMILES string of the molecule is CC(OC(=O)N1CCN(Cc2cccc(F)c2C#CC(C)(C)C(=O)O)CC1)C(F)(F)F. The molecule has 1 aliphatic rings. The van der Waals surface area contributed by atoms with Crippen LogP contribution in [0.2, 0.25) is 0 Å². The molecule has 1 heterocycles. The summed E-state index contributed by atoms with van der Waals surface area (Å²) < 4.78 is 56.5. The lowest BCUT2D eigenvalue weighted by Gasteiger charge is -2.34. The number of aliphatic carboxylic acids is 1. The lowest BCUT2D eigenvalue weighted by molar-refractivity contribution is -0.200. The van der Waals surface area contributed by atoms with E-state index in [2.05, 4.69) is 16.6 Å². The van der Waals surface area contributed by atoms with Crippen molar-refractivity contribution in [2.75, 3.05) is 26.2 Å². The van der Waals surface area contributed by atoms with Crippen LogP contribution in [-0.2, 0) is 16.1 Å². The Morgan fingerprint density at radius 3 is 2.35 bits per heavy atom. The molecule has 0 saturated carbocycles. The largest absolute Gasteiger partial charge is 0.480 e. The number of carbonyl (C=O) groups is 2. The second-order valence-electron chi connectivity index (χ2n) is 7.78. The van der Waals surface area contributed by atoms with Crippen LogP contribution < -0.4 is 0 Å². The number of piperazine rings is 1. The van der Waals surface area contributed by atoms with Gasteiger partial charge in [-0.2, -0.15) is 13.2 Å². The van der Waals surface area contributed by atoms with Crippen LogP contribution in [0.25, 0.3) is 0 Å². The molecular formula is C21H24F4N2O4. The molecule has 1 fully saturated rings. The van der Waals surface area contributed by atoms with Crippen LogP contribution in [-0.4, -0.2) is 65.4 Å². The lowest BCUT2D eigenvalue weighted by atomic mass is 9.94. The third kappa shape index (κ3) is 6.59. The monoisotopic (exact) mass is 444 g/mol. The van der Waals surface area contributed by atoms with Gasteiger partial charge < -0.3 is 14.7 Å². The fourth-order valence-corrected chi connectivity index (χ4v) is 2.73. The van der Waals surface area contributed by atoms with Crippen LogP contribution in [0.3, 0.4) is 0 Å². The van der Waals surface area contributed by atoms with E-state index >= 15 is 0 Å². The van der Waals surface area contributed by atoms with Crippen LogP contribution in [0.4, 0.5) is 22.4 Å². The number of amides is 1. The van der Waals surface area contributed by atoms with Gasteiger partial charge in [-0.3, -0.25) is 9.69 Å². The predicted octanol–water partition coefficient (Wildman–Crippen LogP) is 3.49. The zero-order chi connectivity index (χ0) is 23.4. The van der Waals surface area contributed by atoms with E-state index in [9.17, 15) is 32.3 Å². The van der Waals surface area contributed by atoms with Crippen LogP contribution in [0.15, 0.2) is 18.2 Å². The number of ether oxygens (including phenoxy) is 1. The van der Waals surface area contributed by atoms with E-state index in [0.29, 0.717) is 18.7 Å². The fraction of sp³-hybridized carbons (Fsp3) is 0.524. The Hall–Kier alpha value is -2.80. The van der Waals surface area contributed by atoms with Gasteiger partial charge in [-0.15, -0.1) is 0 Å². The Labute approximate surface area is 177 Å². The minimum atomic E-state index is -4.62. The Morgan fingerprint density at radius 1 is 1.19 bits per heavy atom. The predicted molar refractivity (Wildman–Crippen MR) is 104 cm³/mol. The molecule has 1 amide bonds. The smallest absolute Gasteiger partial charge is 0.425 e. The Kier molecular flexibility index (Phi) is 7.54. The molecule has 10 heteroatoms. The highest BCUT2D eigenvalue weighted by atomic mass is 19.4. The Bertz CT molecular complexity index is 882. The summed E-state index contributed by atoms with van der Waals surface area (Å²) in [5.74, 6) is 3.51. The molecule has 170 valence electrons. The highest BCUT2D eigenvalue weighted by Crippen LogP contribution is 2.23. The van der Waals surface area contributed by atoms with E-state index in [-0.39, 0.29) is 25.2 Å². The average molecular weight is 444 g/mol. The standard InChI is InChI=1S/C21H24F4N2O4/c1-14(21(23,24)25)31-19(30)27-11-9-26(10-12-27)13-15-5-4-6-17(22)16(15)7-8-20(2,3)18(28)29/h4-6,14H,9-13H2,1-3H3,(H,28,29). The number of rotatable bonds is 4. The van der Waals surface area contributed by atoms with Gasteiger partial charge in [-0.1, -0.05) is 24.0 Å². The second kappa shape index (κ2) is 9.56. The summed E-state index contributed by atoms with van der Waals surface area (Å²) in [6.07, 6.45) is -7.85. The molecule has 0 bridgehead atoms. The molecule has 1 atom stereocenters. The molecule has 0 aromatic heterocycles. The van der Waals surface area contributed by atoms with Gasteiger partial charge in [0.25, 0.3) is 0 Å². The molecule has 2 rings (SSSR count). The van der Waals surface area contributed by atoms with Crippen molar-refractivity contribution in [1.29, 1.82) is 0 Å². The van der Waals surface area contributed by atoms with Crippen LogP contribution in [0, 0.1) is 23.1 Å². The highest BCUT2D eigenvalue weighted by Gasteiger charge is 2.40. The number of alkyl halides is 3. The van der Waals surface area contributed by atoms with E-state index < -0.39 is 35.6 Å². The summed E-state index contributed by atoms with van der Waals surface area (Å²) in [6, 6.07) is 4.42. The van der Waals surface area contributed by atoms with Gasteiger partial charge in [0.05, 0.1) is 5.56 Å². The molecule has 1 aliphatic heterocycles. The van der Waals surface area contributed by atoms with E-state index in [1.807, 2.05) is 4.90 Å². The van der Waals surface area contributed by atoms with Crippen molar-refractivity contribution in [2.24, 2.45) is 5.41 Å². The van der Waals surface area contributed by atoms with Crippen molar-refractivity contribution in [3.63, 3.8) is 0 Å². The second-order valence-corrected chi connectivity index (χ2v) is 7.78. The molecule has 0 spiro atoms. The van der Waals surface area contributed by atoms with Crippen molar-refractivity contribution in [1.82, 2.24) is 9.80 Å². The summed E-state index contributed by atoms with van der Waals surface area (Å²) in [5, 5.41) is 9.18. The zero-order valence-electron chi connectivity index (χ0n) is 17.4. The number of carboxylic acid groups (broad SMARTS) is 1. The fourth-order valence-electron chi connectivity index (χ4n) is 2.73. The van der Waals surface area contributed by atoms with Crippen LogP contribution in [0.1, 0.15) is 31.9 Å². The van der Waals surface area contributed by atoms with E-state index in [0.717, 1.165) is 6.92 Å². The molecule has 1 unspecified atom stereocenters. The van der Waals surface area contributed by atoms with E-state index in [1.54, 1.807) is 6.07 Å². The number of hydrogen-bond acceptors (Lipinski definition) is 4. The summed E-state index contributed by atoms with van der Waals surface area (Å²) in [4.78, 5) is 26.2. The van der Waals surface area contributed by atoms with Crippen molar-refractivity contribution in [3.8, 4) is 11.8 Å². The molecule has 6 nitrogen and oxygen atoms in total. The first kappa shape index (κ1) is 24.5. The van der Waals surface area contributed by atoms with Crippen molar-refractivity contribution in [2.45, 2.75) is 39.6 Å². The number of hydrogen-bond donors (Lipinski definition) is 1. The van der Waals surface area contributed by atoms with Crippen molar-refractivity contribution >= 4 is 12.1 Å². The van der Waals surface area contributed by atoms with Gasteiger partial charge in [-0.25, -0.2) is 9.18 Å². The third-order valence-electron chi connectivity index (χ3n) is 4.90. The van der Waals surface area contributed by atoms with E-state index in [4.69, 9.17) is 0 Å². The first-order valence-electron chi connectivity index (χ1n) is 9.60. The number of benzene rings is 1. The maximum absolute atomic E-state index is 14.3. The first-order chi connectivity index (χ1) is 14.3. The molecule has 0 radical (unpaired) electrons. The van der Waals surface area contributed by atoms with Crippen LogP contribution >= 0.6 is 0 Å².